The molecule has 0 radical (unpaired) electrons. The van der Waals surface area contributed by atoms with Crippen LogP contribution in [0.4, 0.5) is 0 Å². The monoisotopic (exact) mass is 150 g/mol. The fourth-order valence-electron chi connectivity index (χ4n) is 0.302. The number of halogens is 1. The van der Waals surface area contributed by atoms with Crippen LogP contribution in [0.5, 0.6) is 0 Å². The molecule has 0 aromatic heterocycles. The van der Waals surface area contributed by atoms with Crippen LogP contribution in [0.15, 0.2) is 11.5 Å². The molecule has 0 aliphatic rings. The van der Waals surface area contributed by atoms with E-state index in [0.29, 0.717) is 0 Å². The maximum absolute atomic E-state index is 5.56. The van der Waals surface area contributed by atoms with Crippen molar-refractivity contribution in [2.75, 3.05) is 7.05 Å². The molecule has 0 bridgehead atoms. The summed E-state index contributed by atoms with van der Waals surface area (Å²) in [6, 6.07) is 0. The Hall–Kier alpha value is -0.610. The number of hydrogen-bond donors (Lipinski definition) is 4. The van der Waals surface area contributed by atoms with Crippen LogP contribution in [0.3, 0.4) is 0 Å². The minimum absolute atomic E-state index is 0.0596. The van der Waals surface area contributed by atoms with Crippen LogP contribution in [-0.2, 0) is 0 Å². The van der Waals surface area contributed by atoms with Crippen LogP contribution in [0.2, 0.25) is 0 Å². The third kappa shape index (κ3) is 2.43. The molecule has 0 saturated heterocycles. The van der Waals surface area contributed by atoms with E-state index < -0.39 is 5.50 Å². The Labute approximate surface area is 59.0 Å². The lowest BCUT2D eigenvalue weighted by Gasteiger charge is -2.08. The largest absolute Gasteiger partial charge is 0.397 e. The number of hydrogen-bond acceptors (Lipinski definition) is 4. The molecular formula is C4H11ClN4. The number of likely N-dealkylation sites (N-methyl/N-ethyl adjacent to an activating group) is 1. The third-order valence-electron chi connectivity index (χ3n) is 0.860. The lowest BCUT2D eigenvalue weighted by molar-refractivity contribution is 0.792. The molecular weight excluding hydrogens is 140 g/mol. The van der Waals surface area contributed by atoms with E-state index in [2.05, 4.69) is 5.32 Å². The number of alkyl halides is 1. The van der Waals surface area contributed by atoms with Gasteiger partial charge in [0.2, 0.25) is 0 Å². The minimum Gasteiger partial charge on any atom is -0.397 e. The van der Waals surface area contributed by atoms with E-state index in [4.69, 9.17) is 28.8 Å². The quantitative estimate of drug-likeness (QED) is 0.295. The van der Waals surface area contributed by atoms with Gasteiger partial charge in [0.25, 0.3) is 0 Å². The molecule has 0 rings (SSSR count). The number of nitrogens with two attached hydrogens (primary N) is 3. The van der Waals surface area contributed by atoms with Crippen molar-refractivity contribution in [1.82, 2.24) is 5.32 Å². The normalized spacial score (nSPS) is 12.7. The van der Waals surface area contributed by atoms with E-state index in [1.165, 1.54) is 0 Å². The van der Waals surface area contributed by atoms with Gasteiger partial charge < -0.3 is 17.2 Å². The first-order valence-corrected chi connectivity index (χ1v) is 2.85. The van der Waals surface area contributed by atoms with Crippen LogP contribution in [0.25, 0.3) is 0 Å². The van der Waals surface area contributed by atoms with Gasteiger partial charge in [-0.2, -0.15) is 0 Å². The van der Waals surface area contributed by atoms with E-state index in [0.717, 1.165) is 0 Å². The van der Waals surface area contributed by atoms with Gasteiger partial charge in [-0.3, -0.25) is 5.32 Å². The SMILES string of the molecule is CNC(Cl)C(N)=C(N)N. The Kier molecular flexibility index (Phi) is 3.19. The molecule has 1 atom stereocenters. The Morgan fingerprint density at radius 1 is 1.44 bits per heavy atom. The zero-order valence-corrected chi connectivity index (χ0v) is 5.94. The van der Waals surface area contributed by atoms with Crippen molar-refractivity contribution in [2.45, 2.75) is 5.50 Å². The molecule has 5 heteroatoms. The number of rotatable bonds is 2. The predicted molar refractivity (Wildman–Crippen MR) is 38.3 cm³/mol. The van der Waals surface area contributed by atoms with Gasteiger partial charge in [-0.1, -0.05) is 11.6 Å². The highest BCUT2D eigenvalue weighted by atomic mass is 35.5. The molecule has 54 valence electrons. The Bertz CT molecular complexity index is 118. The van der Waals surface area contributed by atoms with Crippen molar-refractivity contribution in [1.29, 1.82) is 0 Å². The second-order valence-corrected chi connectivity index (χ2v) is 2.00. The highest BCUT2D eigenvalue weighted by Crippen LogP contribution is 1.98. The molecule has 0 aliphatic heterocycles. The van der Waals surface area contributed by atoms with Crippen LogP contribution in [0.1, 0.15) is 0 Å². The molecule has 0 aromatic carbocycles. The summed E-state index contributed by atoms with van der Waals surface area (Å²) in [5.41, 5.74) is 15.3. The van der Waals surface area contributed by atoms with Gasteiger partial charge >= 0.3 is 0 Å². The summed E-state index contributed by atoms with van der Waals surface area (Å²) < 4.78 is 0. The molecule has 7 N–H and O–H groups in total. The fraction of sp³-hybridized carbons (Fsp3) is 0.500. The maximum atomic E-state index is 5.56. The Balaban J connectivity index is 4.02. The molecule has 0 heterocycles. The summed E-state index contributed by atoms with van der Waals surface area (Å²) in [5.74, 6) is 0.0596. The van der Waals surface area contributed by atoms with Gasteiger partial charge in [-0.15, -0.1) is 0 Å². The molecule has 9 heavy (non-hydrogen) atoms. The van der Waals surface area contributed by atoms with E-state index in [1.807, 2.05) is 0 Å². The van der Waals surface area contributed by atoms with Crippen molar-refractivity contribution in [3.63, 3.8) is 0 Å². The van der Waals surface area contributed by atoms with E-state index in [1.54, 1.807) is 7.05 Å². The zero-order chi connectivity index (χ0) is 7.44. The molecule has 0 saturated carbocycles. The molecule has 0 aromatic rings. The topological polar surface area (TPSA) is 90.1 Å². The maximum Gasteiger partial charge on any atom is 0.126 e. The van der Waals surface area contributed by atoms with Crippen LogP contribution >= 0.6 is 11.6 Å². The van der Waals surface area contributed by atoms with Crippen LogP contribution in [0, 0.1) is 0 Å². The van der Waals surface area contributed by atoms with Gasteiger partial charge in [-0.25, -0.2) is 0 Å². The first kappa shape index (κ1) is 8.39. The second kappa shape index (κ2) is 3.42. The van der Waals surface area contributed by atoms with Crippen molar-refractivity contribution < 1.29 is 0 Å². The molecule has 0 spiro atoms. The summed E-state index contributed by atoms with van der Waals surface area (Å²) in [6.07, 6.45) is 0. The molecule has 0 amide bonds. The van der Waals surface area contributed by atoms with Crippen LogP contribution < -0.4 is 22.5 Å². The predicted octanol–water partition coefficient (Wildman–Crippen LogP) is -1.18. The van der Waals surface area contributed by atoms with Crippen molar-refractivity contribution in [2.24, 2.45) is 17.2 Å². The van der Waals surface area contributed by atoms with Crippen molar-refractivity contribution in [3.8, 4) is 0 Å². The van der Waals surface area contributed by atoms with E-state index in [-0.39, 0.29) is 11.5 Å². The molecule has 4 nitrogen and oxygen atoms in total. The van der Waals surface area contributed by atoms with Gasteiger partial charge in [0, 0.05) is 0 Å². The first-order valence-electron chi connectivity index (χ1n) is 2.41. The number of nitrogens with one attached hydrogen (secondary N) is 1. The third-order valence-corrected chi connectivity index (χ3v) is 1.31. The van der Waals surface area contributed by atoms with Crippen molar-refractivity contribution >= 4 is 11.6 Å². The highest BCUT2D eigenvalue weighted by molar-refractivity contribution is 6.22. The van der Waals surface area contributed by atoms with Crippen LogP contribution in [-0.4, -0.2) is 12.5 Å². The van der Waals surface area contributed by atoms with E-state index in [9.17, 15) is 0 Å². The highest BCUT2D eigenvalue weighted by Gasteiger charge is 2.05. The Morgan fingerprint density at radius 2 is 1.89 bits per heavy atom. The van der Waals surface area contributed by atoms with Gasteiger partial charge in [0.15, 0.2) is 0 Å². The fourth-order valence-corrected chi connectivity index (χ4v) is 0.428. The summed E-state index contributed by atoms with van der Waals surface area (Å²) in [4.78, 5) is 0. The average Bonchev–Trinajstić information content (AvgIpc) is 1.84. The standard InChI is InChI=1S/C4H11ClN4/c1-9-3(5)2(6)4(7)8/h3,9H,6-8H2,1H3. The Morgan fingerprint density at radius 3 is 2.00 bits per heavy atom. The summed E-state index contributed by atoms with van der Waals surface area (Å²) in [6.45, 7) is 0. The zero-order valence-electron chi connectivity index (χ0n) is 5.19. The van der Waals surface area contributed by atoms with Gasteiger partial charge in [0.1, 0.15) is 11.3 Å². The minimum atomic E-state index is -0.477. The molecule has 1 unspecified atom stereocenters. The van der Waals surface area contributed by atoms with E-state index >= 15 is 0 Å². The van der Waals surface area contributed by atoms with Crippen molar-refractivity contribution in [3.05, 3.63) is 11.5 Å². The average molecular weight is 151 g/mol. The summed E-state index contributed by atoms with van der Waals surface area (Å²) in [5, 5.41) is 2.67. The molecule has 0 aliphatic carbocycles. The second-order valence-electron chi connectivity index (χ2n) is 1.56. The first-order chi connectivity index (χ1) is 4.09. The summed E-state index contributed by atoms with van der Waals surface area (Å²) in [7, 11) is 1.66. The van der Waals surface area contributed by atoms with Gasteiger partial charge in [0.05, 0.1) is 5.70 Å². The van der Waals surface area contributed by atoms with Gasteiger partial charge in [-0.05, 0) is 7.05 Å². The summed E-state index contributed by atoms with van der Waals surface area (Å²) >= 11 is 5.56. The lowest BCUT2D eigenvalue weighted by atomic mass is 10.4. The molecule has 0 fully saturated rings. The smallest absolute Gasteiger partial charge is 0.126 e. The lowest BCUT2D eigenvalue weighted by Crippen LogP contribution is -2.31.